The van der Waals surface area contributed by atoms with Crippen molar-refractivity contribution in [3.8, 4) is 11.3 Å². The molecule has 2 aliphatic rings. The number of hydrogen-bond donors (Lipinski definition) is 1. The van der Waals surface area contributed by atoms with E-state index in [0.29, 0.717) is 18.8 Å². The third kappa shape index (κ3) is 3.93. The lowest BCUT2D eigenvalue weighted by Crippen LogP contribution is -2.46. The van der Waals surface area contributed by atoms with Crippen LogP contribution in [-0.2, 0) is 4.79 Å². The zero-order valence-corrected chi connectivity index (χ0v) is 16.3. The Morgan fingerprint density at radius 3 is 2.32 bits per heavy atom. The van der Waals surface area contributed by atoms with Crippen LogP contribution >= 0.6 is 0 Å². The van der Waals surface area contributed by atoms with Crippen molar-refractivity contribution in [3.63, 3.8) is 0 Å². The van der Waals surface area contributed by atoms with Crippen molar-refractivity contribution in [2.24, 2.45) is 11.8 Å². The molecule has 0 aromatic carbocycles. The number of amides is 2. The molecule has 28 heavy (non-hydrogen) atoms. The molecule has 0 spiro atoms. The van der Waals surface area contributed by atoms with Gasteiger partial charge in [-0.15, -0.1) is 0 Å². The molecule has 4 heterocycles. The van der Waals surface area contributed by atoms with Gasteiger partial charge in [0, 0.05) is 50.1 Å². The quantitative estimate of drug-likeness (QED) is 0.886. The Kier molecular flexibility index (Phi) is 5.41. The van der Waals surface area contributed by atoms with Gasteiger partial charge >= 0.3 is 0 Å². The summed E-state index contributed by atoms with van der Waals surface area (Å²) in [6.45, 7) is 5.24. The summed E-state index contributed by atoms with van der Waals surface area (Å²) in [5, 5.41) is 7.11. The lowest BCUT2D eigenvalue weighted by atomic mass is 9.92. The normalized spacial score (nSPS) is 19.0. The predicted molar refractivity (Wildman–Crippen MR) is 105 cm³/mol. The zero-order valence-electron chi connectivity index (χ0n) is 16.3. The fraction of sp³-hybridized carbons (Fsp3) is 0.524. The molecule has 2 amide bonds. The Bertz CT molecular complexity index is 818. The Balaban J connectivity index is 1.33. The average molecular weight is 381 g/mol. The second kappa shape index (κ2) is 8.12. The third-order valence-electron chi connectivity index (χ3n) is 6.01. The highest BCUT2D eigenvalue weighted by atomic mass is 16.2. The first-order chi connectivity index (χ1) is 13.6. The molecule has 0 unspecified atom stereocenters. The van der Waals surface area contributed by atoms with Crippen molar-refractivity contribution in [3.05, 3.63) is 36.3 Å². The van der Waals surface area contributed by atoms with Gasteiger partial charge in [0.05, 0.1) is 5.69 Å². The molecule has 0 aliphatic carbocycles. The number of piperidine rings is 2. The summed E-state index contributed by atoms with van der Waals surface area (Å²) >= 11 is 0. The lowest BCUT2D eigenvalue weighted by Gasteiger charge is -2.36. The number of rotatable bonds is 3. The standard InChI is InChI=1S/C21H27N5O2/c1-15-4-10-25(11-5-15)20(27)17-6-12-26(13-7-17)21(28)19-14-18(23-24-19)16-2-8-22-9-3-16/h2-3,8-9,14-15,17H,4-7,10-13H2,1H3,(H,23,24). The Hall–Kier alpha value is -2.70. The van der Waals surface area contributed by atoms with E-state index in [-0.39, 0.29) is 17.7 Å². The number of likely N-dealkylation sites (tertiary alicyclic amines) is 2. The van der Waals surface area contributed by atoms with E-state index in [1.54, 1.807) is 18.5 Å². The van der Waals surface area contributed by atoms with Crippen molar-refractivity contribution in [1.82, 2.24) is 25.0 Å². The molecule has 4 rings (SSSR count). The van der Waals surface area contributed by atoms with E-state index in [0.717, 1.165) is 55.9 Å². The molecule has 2 aromatic rings. The van der Waals surface area contributed by atoms with E-state index in [9.17, 15) is 9.59 Å². The number of hydrogen-bond acceptors (Lipinski definition) is 4. The molecule has 0 atom stereocenters. The molecule has 0 saturated carbocycles. The van der Waals surface area contributed by atoms with Gasteiger partial charge in [-0.2, -0.15) is 5.10 Å². The Morgan fingerprint density at radius 2 is 1.64 bits per heavy atom. The van der Waals surface area contributed by atoms with Crippen molar-refractivity contribution >= 4 is 11.8 Å². The van der Waals surface area contributed by atoms with Crippen LogP contribution in [0.3, 0.4) is 0 Å². The first-order valence-electron chi connectivity index (χ1n) is 10.2. The second-order valence-electron chi connectivity index (χ2n) is 7.98. The SMILES string of the molecule is CC1CCN(C(=O)C2CCN(C(=O)c3cc(-c4ccncc4)n[nH]3)CC2)CC1. The maximum Gasteiger partial charge on any atom is 0.271 e. The van der Waals surface area contributed by atoms with E-state index in [1.165, 1.54) is 0 Å². The van der Waals surface area contributed by atoms with Crippen molar-refractivity contribution in [2.75, 3.05) is 26.2 Å². The average Bonchev–Trinajstić information content (AvgIpc) is 3.24. The minimum atomic E-state index is -0.0505. The molecular weight excluding hydrogens is 354 g/mol. The lowest BCUT2D eigenvalue weighted by molar-refractivity contribution is -0.138. The van der Waals surface area contributed by atoms with Gasteiger partial charge in [0.1, 0.15) is 5.69 Å². The molecule has 2 aromatic heterocycles. The molecule has 7 nitrogen and oxygen atoms in total. The summed E-state index contributed by atoms with van der Waals surface area (Å²) in [5.41, 5.74) is 2.14. The molecule has 148 valence electrons. The fourth-order valence-corrected chi connectivity index (χ4v) is 4.09. The highest BCUT2D eigenvalue weighted by Gasteiger charge is 2.32. The van der Waals surface area contributed by atoms with Crippen molar-refractivity contribution in [2.45, 2.75) is 32.6 Å². The summed E-state index contributed by atoms with van der Waals surface area (Å²) in [7, 11) is 0. The molecule has 0 radical (unpaired) electrons. The van der Waals surface area contributed by atoms with E-state index in [4.69, 9.17) is 0 Å². The van der Waals surface area contributed by atoms with Crippen molar-refractivity contribution < 1.29 is 9.59 Å². The Morgan fingerprint density at radius 1 is 1.00 bits per heavy atom. The van der Waals surface area contributed by atoms with Crippen LogP contribution < -0.4 is 0 Å². The van der Waals surface area contributed by atoms with E-state index < -0.39 is 0 Å². The number of carbonyl (C=O) groups is 2. The van der Waals surface area contributed by atoms with Gasteiger partial charge in [0.25, 0.3) is 5.91 Å². The minimum Gasteiger partial charge on any atom is -0.342 e. The first-order valence-corrected chi connectivity index (χ1v) is 10.2. The topological polar surface area (TPSA) is 82.2 Å². The summed E-state index contributed by atoms with van der Waals surface area (Å²) in [6, 6.07) is 5.51. The molecule has 7 heteroatoms. The van der Waals surface area contributed by atoms with Crippen LogP contribution in [0.15, 0.2) is 30.6 Å². The number of pyridine rings is 1. The van der Waals surface area contributed by atoms with Gasteiger partial charge < -0.3 is 9.80 Å². The predicted octanol–water partition coefficient (Wildman–Crippen LogP) is 2.58. The minimum absolute atomic E-state index is 0.0478. The highest BCUT2D eigenvalue weighted by Crippen LogP contribution is 2.25. The van der Waals surface area contributed by atoms with E-state index in [2.05, 4.69) is 22.1 Å². The van der Waals surface area contributed by atoms with Gasteiger partial charge in [-0.25, -0.2) is 0 Å². The monoisotopic (exact) mass is 381 g/mol. The molecule has 0 bridgehead atoms. The zero-order chi connectivity index (χ0) is 19.5. The van der Waals surface area contributed by atoms with Crippen LogP contribution in [0.5, 0.6) is 0 Å². The van der Waals surface area contributed by atoms with Gasteiger partial charge in [0.15, 0.2) is 0 Å². The van der Waals surface area contributed by atoms with Gasteiger partial charge in [-0.05, 0) is 49.8 Å². The van der Waals surface area contributed by atoms with Crippen molar-refractivity contribution in [1.29, 1.82) is 0 Å². The summed E-state index contributed by atoms with van der Waals surface area (Å²) in [6.07, 6.45) is 7.09. The number of nitrogens with zero attached hydrogens (tertiary/aromatic N) is 4. The summed E-state index contributed by atoms with van der Waals surface area (Å²) < 4.78 is 0. The van der Waals surface area contributed by atoms with Gasteiger partial charge in [-0.1, -0.05) is 6.92 Å². The molecule has 1 N–H and O–H groups in total. The smallest absolute Gasteiger partial charge is 0.271 e. The van der Waals surface area contributed by atoms with Gasteiger partial charge in [-0.3, -0.25) is 19.7 Å². The maximum atomic E-state index is 12.8. The molecule has 2 fully saturated rings. The van der Waals surface area contributed by atoms with Gasteiger partial charge in [0.2, 0.25) is 5.91 Å². The number of aromatic nitrogens is 3. The van der Waals surface area contributed by atoms with Crippen LogP contribution in [0, 0.1) is 11.8 Å². The number of H-pyrrole nitrogens is 1. The second-order valence-corrected chi connectivity index (χ2v) is 7.98. The Labute approximate surface area is 165 Å². The molecule has 2 saturated heterocycles. The maximum absolute atomic E-state index is 12.8. The van der Waals surface area contributed by atoms with Crippen LogP contribution in [-0.4, -0.2) is 63.0 Å². The van der Waals surface area contributed by atoms with Crippen LogP contribution in [0.1, 0.15) is 43.1 Å². The van der Waals surface area contributed by atoms with E-state index >= 15 is 0 Å². The molecule has 2 aliphatic heterocycles. The fourth-order valence-electron chi connectivity index (χ4n) is 4.09. The third-order valence-corrected chi connectivity index (χ3v) is 6.01. The first kappa shape index (κ1) is 18.7. The van der Waals surface area contributed by atoms with E-state index in [1.807, 2.05) is 21.9 Å². The number of nitrogens with one attached hydrogen (secondary N) is 1. The van der Waals surface area contributed by atoms with Crippen LogP contribution in [0.25, 0.3) is 11.3 Å². The summed E-state index contributed by atoms with van der Waals surface area (Å²) in [4.78, 5) is 33.4. The largest absolute Gasteiger partial charge is 0.342 e. The van der Waals surface area contributed by atoms with Crippen LogP contribution in [0.4, 0.5) is 0 Å². The summed E-state index contributed by atoms with van der Waals surface area (Å²) in [5.74, 6) is 0.993. The highest BCUT2D eigenvalue weighted by molar-refractivity contribution is 5.93. The van der Waals surface area contributed by atoms with Crippen LogP contribution in [0.2, 0.25) is 0 Å². The number of aromatic amines is 1. The molecular formula is C21H27N5O2. The number of carbonyl (C=O) groups excluding carboxylic acids is 2.